The van der Waals surface area contributed by atoms with E-state index in [1.54, 1.807) is 17.8 Å². The number of rotatable bonds is 7. The molecule has 1 rings (SSSR count). The summed E-state index contributed by atoms with van der Waals surface area (Å²) < 4.78 is 1.60. The van der Waals surface area contributed by atoms with Gasteiger partial charge in [0.2, 0.25) is 0 Å². The summed E-state index contributed by atoms with van der Waals surface area (Å²) in [5.41, 5.74) is 0.0234. The first-order valence-electron chi connectivity index (χ1n) is 6.78. The van der Waals surface area contributed by atoms with E-state index in [9.17, 15) is 14.7 Å². The summed E-state index contributed by atoms with van der Waals surface area (Å²) in [5, 5.41) is 16.0. The van der Waals surface area contributed by atoms with Gasteiger partial charge < -0.3 is 10.4 Å². The molecule has 0 spiro atoms. The average Bonchev–Trinajstić information content (AvgIpc) is 2.82. The van der Waals surface area contributed by atoms with Crippen LogP contribution in [0.2, 0.25) is 0 Å². The van der Waals surface area contributed by atoms with E-state index < -0.39 is 17.8 Å². The van der Waals surface area contributed by atoms with Crippen LogP contribution in [0.4, 0.5) is 0 Å². The number of nitrogens with zero attached hydrogens (tertiary/aromatic N) is 2. The average molecular weight is 281 g/mol. The van der Waals surface area contributed by atoms with Crippen molar-refractivity contribution in [1.29, 1.82) is 0 Å². The molecule has 0 aliphatic rings. The molecule has 1 amide bonds. The lowest BCUT2D eigenvalue weighted by Crippen LogP contribution is -2.39. The number of hydrogen-bond acceptors (Lipinski definition) is 4. The zero-order valence-corrected chi connectivity index (χ0v) is 12.5. The van der Waals surface area contributed by atoms with Crippen LogP contribution in [0.1, 0.15) is 44.5 Å². The quantitative estimate of drug-likeness (QED) is 0.577. The summed E-state index contributed by atoms with van der Waals surface area (Å²) in [4.78, 5) is 23.7. The molecule has 112 valence electrons. The summed E-state index contributed by atoms with van der Waals surface area (Å²) >= 11 is 0. The van der Waals surface area contributed by atoms with E-state index >= 15 is 0 Å². The molecule has 6 nitrogen and oxygen atoms in total. The highest BCUT2D eigenvalue weighted by molar-refractivity contribution is 6.42. The van der Waals surface area contributed by atoms with Crippen LogP contribution in [-0.2, 0) is 11.3 Å². The highest BCUT2D eigenvalue weighted by atomic mass is 16.3. The first-order valence-corrected chi connectivity index (χ1v) is 6.78. The number of aliphatic hydroxyl groups excluding tert-OH is 1. The molecule has 1 heterocycles. The number of ketones is 1. The fourth-order valence-corrected chi connectivity index (χ4v) is 2.06. The van der Waals surface area contributed by atoms with Crippen molar-refractivity contribution in [2.24, 2.45) is 5.41 Å². The van der Waals surface area contributed by atoms with E-state index in [1.807, 2.05) is 20.8 Å². The van der Waals surface area contributed by atoms with Crippen LogP contribution in [0, 0.1) is 5.41 Å². The Labute approximate surface area is 119 Å². The van der Waals surface area contributed by atoms with Crippen molar-refractivity contribution in [3.63, 3.8) is 0 Å². The number of carbonyl (C=O) groups excluding carboxylic acids is 2. The maximum absolute atomic E-state index is 11.9. The van der Waals surface area contributed by atoms with Gasteiger partial charge in [-0.25, -0.2) is 0 Å². The fraction of sp³-hybridized carbons (Fsp3) is 0.643. The van der Waals surface area contributed by atoms with Crippen LogP contribution < -0.4 is 5.32 Å². The molecule has 1 aromatic rings. The normalized spacial score (nSPS) is 13.1. The van der Waals surface area contributed by atoms with Gasteiger partial charge in [-0.3, -0.25) is 14.3 Å². The van der Waals surface area contributed by atoms with Crippen LogP contribution in [0.25, 0.3) is 0 Å². The molecule has 0 aliphatic heterocycles. The molecule has 0 radical (unpaired) electrons. The predicted molar refractivity (Wildman–Crippen MR) is 75.3 cm³/mol. The van der Waals surface area contributed by atoms with Crippen molar-refractivity contribution in [2.45, 2.75) is 46.8 Å². The molecular formula is C14H23N3O3. The summed E-state index contributed by atoms with van der Waals surface area (Å²) in [6.45, 7) is 8.45. The summed E-state index contributed by atoms with van der Waals surface area (Å²) in [5.74, 6) is -1.23. The Hall–Kier alpha value is -1.69. The molecule has 0 bridgehead atoms. The van der Waals surface area contributed by atoms with E-state index in [2.05, 4.69) is 10.4 Å². The predicted octanol–water partition coefficient (Wildman–Crippen LogP) is 0.999. The second-order valence-corrected chi connectivity index (χ2v) is 5.81. The summed E-state index contributed by atoms with van der Waals surface area (Å²) in [7, 11) is 0. The Morgan fingerprint density at radius 2 is 2.15 bits per heavy atom. The molecule has 20 heavy (non-hydrogen) atoms. The summed E-state index contributed by atoms with van der Waals surface area (Å²) in [6.07, 6.45) is 3.06. The Bertz CT molecular complexity index is 478. The van der Waals surface area contributed by atoms with Gasteiger partial charge in [-0.05, 0) is 25.7 Å². The molecule has 0 fully saturated rings. The minimum Gasteiger partial charge on any atom is -0.393 e. The van der Waals surface area contributed by atoms with E-state index in [0.29, 0.717) is 19.5 Å². The number of hydrogen-bond donors (Lipinski definition) is 2. The molecule has 1 atom stereocenters. The zero-order chi connectivity index (χ0) is 15.3. The van der Waals surface area contributed by atoms with Gasteiger partial charge in [0.05, 0.1) is 17.9 Å². The first kappa shape index (κ1) is 16.4. The monoisotopic (exact) mass is 281 g/mol. The van der Waals surface area contributed by atoms with Gasteiger partial charge in [0.1, 0.15) is 0 Å². The molecule has 2 N–H and O–H groups in total. The number of amides is 1. The largest absolute Gasteiger partial charge is 0.393 e. The Morgan fingerprint density at radius 3 is 2.65 bits per heavy atom. The summed E-state index contributed by atoms with van der Waals surface area (Å²) in [6, 6.07) is 0. The van der Waals surface area contributed by atoms with Gasteiger partial charge in [0.25, 0.3) is 11.7 Å². The smallest absolute Gasteiger partial charge is 0.292 e. The fourth-order valence-electron chi connectivity index (χ4n) is 2.06. The number of aromatic nitrogens is 2. The van der Waals surface area contributed by atoms with E-state index in [1.165, 1.54) is 6.20 Å². The first-order chi connectivity index (χ1) is 9.25. The van der Waals surface area contributed by atoms with Crippen LogP contribution in [-0.4, -0.2) is 39.2 Å². The second-order valence-electron chi connectivity index (χ2n) is 5.81. The van der Waals surface area contributed by atoms with E-state index in [4.69, 9.17) is 0 Å². The highest BCUT2D eigenvalue weighted by Crippen LogP contribution is 2.21. The lowest BCUT2D eigenvalue weighted by Gasteiger charge is -2.26. The van der Waals surface area contributed by atoms with Gasteiger partial charge in [-0.1, -0.05) is 13.8 Å². The minimum atomic E-state index is -0.640. The SMILES string of the molecule is CCn1cc(C(=O)C(=O)NCC(C)(C)CC(C)O)cn1. The number of nitrogens with one attached hydrogen (secondary N) is 1. The van der Waals surface area contributed by atoms with Gasteiger partial charge in [0.15, 0.2) is 0 Å². The van der Waals surface area contributed by atoms with Gasteiger partial charge in [-0.15, -0.1) is 0 Å². The highest BCUT2D eigenvalue weighted by Gasteiger charge is 2.24. The molecule has 0 aliphatic carbocycles. The molecule has 0 saturated heterocycles. The molecule has 1 aromatic heterocycles. The van der Waals surface area contributed by atoms with Crippen LogP contribution in [0.5, 0.6) is 0 Å². The number of carbonyl (C=O) groups is 2. The standard InChI is InChI=1S/C14H23N3O3/c1-5-17-8-11(7-16-17)12(19)13(20)15-9-14(3,4)6-10(2)18/h7-8,10,18H,5-6,9H2,1-4H3,(H,15,20). The molecular weight excluding hydrogens is 258 g/mol. The van der Waals surface area contributed by atoms with Crippen molar-refractivity contribution in [3.05, 3.63) is 18.0 Å². The van der Waals surface area contributed by atoms with E-state index in [0.717, 1.165) is 0 Å². The molecule has 1 unspecified atom stereocenters. The maximum Gasteiger partial charge on any atom is 0.292 e. The third-order valence-electron chi connectivity index (χ3n) is 3.00. The van der Waals surface area contributed by atoms with Crippen molar-refractivity contribution in [3.8, 4) is 0 Å². The third-order valence-corrected chi connectivity index (χ3v) is 3.00. The number of aryl methyl sites for hydroxylation is 1. The number of aliphatic hydroxyl groups is 1. The molecule has 6 heteroatoms. The molecule has 0 aromatic carbocycles. The van der Waals surface area contributed by atoms with Crippen LogP contribution in [0.15, 0.2) is 12.4 Å². The van der Waals surface area contributed by atoms with Crippen LogP contribution in [0.3, 0.4) is 0 Å². The van der Waals surface area contributed by atoms with Crippen molar-refractivity contribution in [2.75, 3.05) is 6.54 Å². The van der Waals surface area contributed by atoms with Crippen molar-refractivity contribution < 1.29 is 14.7 Å². The lowest BCUT2D eigenvalue weighted by molar-refractivity contribution is -0.117. The van der Waals surface area contributed by atoms with Crippen LogP contribution >= 0.6 is 0 Å². The Morgan fingerprint density at radius 1 is 1.50 bits per heavy atom. The Balaban J connectivity index is 2.56. The maximum atomic E-state index is 11.9. The third kappa shape index (κ3) is 4.77. The minimum absolute atomic E-state index is 0.266. The van der Waals surface area contributed by atoms with Gasteiger partial charge in [-0.2, -0.15) is 5.10 Å². The second kappa shape index (κ2) is 6.65. The van der Waals surface area contributed by atoms with E-state index in [-0.39, 0.29) is 11.0 Å². The van der Waals surface area contributed by atoms with Crippen molar-refractivity contribution in [1.82, 2.24) is 15.1 Å². The topological polar surface area (TPSA) is 84.2 Å². The number of Topliss-reactive ketones (excluding diaryl/α,β-unsaturated/α-hetero) is 1. The van der Waals surface area contributed by atoms with Gasteiger partial charge in [0, 0.05) is 19.3 Å². The Kier molecular flexibility index (Phi) is 5.44. The zero-order valence-electron chi connectivity index (χ0n) is 12.5. The van der Waals surface area contributed by atoms with Crippen molar-refractivity contribution >= 4 is 11.7 Å². The lowest BCUT2D eigenvalue weighted by atomic mass is 9.87. The molecule has 0 saturated carbocycles. The van der Waals surface area contributed by atoms with Gasteiger partial charge >= 0.3 is 0 Å².